The SMILES string of the molecule is Nc1ccc(F)cc1NC(=O)Cc1ccc([N+](=O)[O-])cc1. The summed E-state index contributed by atoms with van der Waals surface area (Å²) in [5.74, 6) is -0.893. The van der Waals surface area contributed by atoms with Gasteiger partial charge in [-0.05, 0) is 23.8 Å². The second-order valence-corrected chi connectivity index (χ2v) is 4.38. The topological polar surface area (TPSA) is 98.3 Å². The Labute approximate surface area is 119 Å². The number of nitrogen functional groups attached to an aromatic ring is 1. The fraction of sp³-hybridized carbons (Fsp3) is 0.0714. The standard InChI is InChI=1S/C14H12FN3O3/c15-10-3-6-12(16)13(8-10)17-14(19)7-9-1-4-11(5-2-9)18(20)21/h1-6,8H,7,16H2,(H,17,19). The number of nitrogens with two attached hydrogens (primary N) is 1. The minimum Gasteiger partial charge on any atom is -0.397 e. The summed E-state index contributed by atoms with van der Waals surface area (Å²) in [7, 11) is 0. The number of non-ortho nitro benzene ring substituents is 1. The third-order valence-electron chi connectivity index (χ3n) is 2.80. The third kappa shape index (κ3) is 3.75. The van der Waals surface area contributed by atoms with Gasteiger partial charge in [-0.25, -0.2) is 4.39 Å². The molecule has 1 amide bonds. The van der Waals surface area contributed by atoms with E-state index >= 15 is 0 Å². The van der Waals surface area contributed by atoms with Crippen LogP contribution in [0.5, 0.6) is 0 Å². The summed E-state index contributed by atoms with van der Waals surface area (Å²) in [6.07, 6.45) is 0.00788. The van der Waals surface area contributed by atoms with Crippen molar-refractivity contribution in [3.05, 3.63) is 64.0 Å². The van der Waals surface area contributed by atoms with Crippen LogP contribution in [-0.2, 0) is 11.2 Å². The average molecular weight is 289 g/mol. The van der Waals surface area contributed by atoms with Crippen molar-refractivity contribution in [1.82, 2.24) is 0 Å². The van der Waals surface area contributed by atoms with Crippen molar-refractivity contribution < 1.29 is 14.1 Å². The number of halogens is 1. The molecule has 0 aliphatic heterocycles. The molecule has 0 bridgehead atoms. The maximum atomic E-state index is 13.1. The van der Waals surface area contributed by atoms with Crippen LogP contribution in [0.4, 0.5) is 21.5 Å². The fourth-order valence-corrected chi connectivity index (χ4v) is 1.75. The molecule has 2 aromatic rings. The number of hydrogen-bond donors (Lipinski definition) is 2. The minimum absolute atomic E-state index is 0.00788. The number of nitro benzene ring substituents is 1. The number of rotatable bonds is 4. The summed E-state index contributed by atoms with van der Waals surface area (Å²) in [6, 6.07) is 9.30. The van der Waals surface area contributed by atoms with E-state index in [1.165, 1.54) is 36.4 Å². The Bertz CT molecular complexity index is 686. The minimum atomic E-state index is -0.517. The first-order chi connectivity index (χ1) is 9.95. The molecular weight excluding hydrogens is 277 g/mol. The average Bonchev–Trinajstić information content (AvgIpc) is 2.43. The highest BCUT2D eigenvalue weighted by Crippen LogP contribution is 2.19. The zero-order valence-corrected chi connectivity index (χ0v) is 10.9. The molecule has 3 N–H and O–H groups in total. The monoisotopic (exact) mass is 289 g/mol. The second kappa shape index (κ2) is 6.00. The number of carbonyl (C=O) groups is 1. The van der Waals surface area contributed by atoms with Gasteiger partial charge in [-0.1, -0.05) is 12.1 Å². The van der Waals surface area contributed by atoms with Crippen molar-refractivity contribution in [2.45, 2.75) is 6.42 Å². The molecule has 0 aliphatic rings. The van der Waals surface area contributed by atoms with Gasteiger partial charge in [0.2, 0.25) is 5.91 Å². The summed E-state index contributed by atoms with van der Waals surface area (Å²) in [5.41, 5.74) is 6.64. The van der Waals surface area contributed by atoms with Crippen molar-refractivity contribution >= 4 is 23.0 Å². The van der Waals surface area contributed by atoms with Gasteiger partial charge in [0.25, 0.3) is 5.69 Å². The van der Waals surface area contributed by atoms with Gasteiger partial charge < -0.3 is 11.1 Å². The van der Waals surface area contributed by atoms with E-state index < -0.39 is 10.7 Å². The molecule has 0 atom stereocenters. The highest BCUT2D eigenvalue weighted by molar-refractivity contribution is 5.95. The lowest BCUT2D eigenvalue weighted by Crippen LogP contribution is -2.15. The number of benzene rings is 2. The van der Waals surface area contributed by atoms with Crippen LogP contribution in [0.1, 0.15) is 5.56 Å². The summed E-state index contributed by atoms with van der Waals surface area (Å²) in [5, 5.41) is 13.0. The van der Waals surface area contributed by atoms with Crippen LogP contribution in [0, 0.1) is 15.9 Å². The molecule has 0 saturated carbocycles. The van der Waals surface area contributed by atoms with Gasteiger partial charge in [0.1, 0.15) is 5.82 Å². The van der Waals surface area contributed by atoms with Gasteiger partial charge in [-0.2, -0.15) is 0 Å². The maximum absolute atomic E-state index is 13.1. The zero-order chi connectivity index (χ0) is 15.4. The molecule has 6 nitrogen and oxygen atoms in total. The van der Waals surface area contributed by atoms with Crippen LogP contribution in [0.2, 0.25) is 0 Å². The van der Waals surface area contributed by atoms with Crippen LogP contribution >= 0.6 is 0 Å². The largest absolute Gasteiger partial charge is 0.397 e. The van der Waals surface area contributed by atoms with Crippen molar-refractivity contribution in [2.75, 3.05) is 11.1 Å². The normalized spacial score (nSPS) is 10.1. The quantitative estimate of drug-likeness (QED) is 0.513. The van der Waals surface area contributed by atoms with E-state index in [4.69, 9.17) is 5.73 Å². The molecule has 0 heterocycles. The number of amides is 1. The van der Waals surface area contributed by atoms with Gasteiger partial charge in [-0.3, -0.25) is 14.9 Å². The number of nitro groups is 1. The van der Waals surface area contributed by atoms with Crippen molar-refractivity contribution in [2.24, 2.45) is 0 Å². The lowest BCUT2D eigenvalue weighted by atomic mass is 10.1. The van der Waals surface area contributed by atoms with E-state index in [1.807, 2.05) is 0 Å². The van der Waals surface area contributed by atoms with Gasteiger partial charge in [-0.15, -0.1) is 0 Å². The van der Waals surface area contributed by atoms with E-state index in [0.717, 1.165) is 6.07 Å². The van der Waals surface area contributed by atoms with Gasteiger partial charge in [0.15, 0.2) is 0 Å². The number of anilines is 2. The lowest BCUT2D eigenvalue weighted by Gasteiger charge is -2.08. The van der Waals surface area contributed by atoms with Gasteiger partial charge >= 0.3 is 0 Å². The highest BCUT2D eigenvalue weighted by atomic mass is 19.1. The number of carbonyl (C=O) groups excluding carboxylic acids is 1. The van der Waals surface area contributed by atoms with Crippen LogP contribution < -0.4 is 11.1 Å². The Hall–Kier alpha value is -2.96. The number of nitrogens with one attached hydrogen (secondary N) is 1. The Morgan fingerprint density at radius 2 is 1.90 bits per heavy atom. The van der Waals surface area contributed by atoms with Crippen LogP contribution in [-0.4, -0.2) is 10.8 Å². The van der Waals surface area contributed by atoms with E-state index in [-0.39, 0.29) is 29.4 Å². The third-order valence-corrected chi connectivity index (χ3v) is 2.80. The first-order valence-corrected chi connectivity index (χ1v) is 6.04. The number of nitrogens with zero attached hydrogens (tertiary/aromatic N) is 1. The molecule has 0 spiro atoms. The molecule has 7 heteroatoms. The van der Waals surface area contributed by atoms with E-state index in [2.05, 4.69) is 5.32 Å². The molecule has 0 unspecified atom stereocenters. The van der Waals surface area contributed by atoms with Crippen LogP contribution in [0.3, 0.4) is 0 Å². The van der Waals surface area contributed by atoms with Gasteiger partial charge in [0.05, 0.1) is 22.7 Å². The van der Waals surface area contributed by atoms with Crippen molar-refractivity contribution in [3.8, 4) is 0 Å². The summed E-state index contributed by atoms with van der Waals surface area (Å²) in [4.78, 5) is 21.8. The zero-order valence-electron chi connectivity index (χ0n) is 10.9. The predicted octanol–water partition coefficient (Wildman–Crippen LogP) is 2.50. The lowest BCUT2D eigenvalue weighted by molar-refractivity contribution is -0.384. The molecule has 21 heavy (non-hydrogen) atoms. The Morgan fingerprint density at radius 1 is 1.24 bits per heavy atom. The molecular formula is C14H12FN3O3. The van der Waals surface area contributed by atoms with E-state index in [9.17, 15) is 19.3 Å². The Morgan fingerprint density at radius 3 is 2.52 bits per heavy atom. The van der Waals surface area contributed by atoms with Crippen molar-refractivity contribution in [1.29, 1.82) is 0 Å². The summed E-state index contributed by atoms with van der Waals surface area (Å²) < 4.78 is 13.1. The van der Waals surface area contributed by atoms with E-state index in [0.29, 0.717) is 5.56 Å². The van der Waals surface area contributed by atoms with Crippen molar-refractivity contribution in [3.63, 3.8) is 0 Å². The Kier molecular flexibility index (Phi) is 4.13. The predicted molar refractivity (Wildman–Crippen MR) is 76.2 cm³/mol. The van der Waals surface area contributed by atoms with Crippen LogP contribution in [0.25, 0.3) is 0 Å². The molecule has 0 aromatic heterocycles. The maximum Gasteiger partial charge on any atom is 0.269 e. The van der Waals surface area contributed by atoms with E-state index in [1.54, 1.807) is 0 Å². The molecule has 108 valence electrons. The van der Waals surface area contributed by atoms with Crippen LogP contribution in [0.15, 0.2) is 42.5 Å². The summed E-state index contributed by atoms with van der Waals surface area (Å²) in [6.45, 7) is 0. The Balaban J connectivity index is 2.04. The number of hydrogen-bond acceptors (Lipinski definition) is 4. The second-order valence-electron chi connectivity index (χ2n) is 4.38. The highest BCUT2D eigenvalue weighted by Gasteiger charge is 2.09. The molecule has 0 aliphatic carbocycles. The molecule has 2 rings (SSSR count). The fourth-order valence-electron chi connectivity index (χ4n) is 1.75. The molecule has 2 aromatic carbocycles. The first kappa shape index (κ1) is 14.4. The molecule has 0 radical (unpaired) electrons. The molecule has 0 saturated heterocycles. The van der Waals surface area contributed by atoms with Gasteiger partial charge in [0, 0.05) is 12.1 Å². The smallest absolute Gasteiger partial charge is 0.269 e. The first-order valence-electron chi connectivity index (χ1n) is 6.04. The summed E-state index contributed by atoms with van der Waals surface area (Å²) >= 11 is 0. The molecule has 0 fully saturated rings.